The Morgan fingerprint density at radius 1 is 1.43 bits per heavy atom. The number of amides is 1. The molecule has 28 heavy (non-hydrogen) atoms. The van der Waals surface area contributed by atoms with Gasteiger partial charge in [0, 0.05) is 37.1 Å². The van der Waals surface area contributed by atoms with Gasteiger partial charge in [-0.2, -0.15) is 4.79 Å². The number of ketones is 1. The number of fused-ring (bicyclic) bond motifs is 1. The van der Waals surface area contributed by atoms with Crippen LogP contribution in [0.15, 0.2) is 24.4 Å². The molecular weight excluding hydrogens is 371 g/mol. The van der Waals surface area contributed by atoms with Crippen molar-refractivity contribution in [3.05, 3.63) is 41.3 Å². The first-order chi connectivity index (χ1) is 13.3. The number of Topliss-reactive ketones (excluding diaryl/α,β-unsaturated/α-hetero) is 1. The molecule has 2 unspecified atom stereocenters. The van der Waals surface area contributed by atoms with Crippen LogP contribution in [0.2, 0.25) is 0 Å². The molecule has 1 heterocycles. The van der Waals surface area contributed by atoms with Crippen molar-refractivity contribution >= 4 is 34.8 Å². The second-order valence-electron chi connectivity index (χ2n) is 6.08. The molecule has 3 N–H and O–H groups in total. The van der Waals surface area contributed by atoms with Gasteiger partial charge in [0.05, 0.1) is 0 Å². The number of carbonyl (C=O) groups is 3. The molecule has 2 atom stereocenters. The zero-order chi connectivity index (χ0) is 20.7. The number of aromatic nitrogens is 1. The summed E-state index contributed by atoms with van der Waals surface area (Å²) in [5.41, 5.74) is 9.63. The molecule has 0 aliphatic carbocycles. The van der Waals surface area contributed by atoms with Crippen LogP contribution < -0.4 is 5.32 Å². The van der Waals surface area contributed by atoms with E-state index in [1.165, 1.54) is 19.2 Å². The number of hydrogen-bond donors (Lipinski definition) is 3. The molecule has 0 fully saturated rings. The first-order valence-electron chi connectivity index (χ1n) is 8.37. The van der Waals surface area contributed by atoms with Crippen LogP contribution >= 0.6 is 0 Å². The Balaban J connectivity index is 2.08. The summed E-state index contributed by atoms with van der Waals surface area (Å²) in [6.45, 7) is 0. The molecule has 2 rings (SSSR count). The lowest BCUT2D eigenvalue weighted by Crippen LogP contribution is -2.46. The Morgan fingerprint density at radius 3 is 2.82 bits per heavy atom. The number of nitrogens with zero attached hydrogens (tertiary/aromatic N) is 2. The Labute approximate surface area is 159 Å². The fourth-order valence-electron chi connectivity index (χ4n) is 2.74. The Hall–Kier alpha value is -3.36. The lowest BCUT2D eigenvalue weighted by molar-refractivity contribution is -0.144. The molecule has 148 valence electrons. The highest BCUT2D eigenvalue weighted by molar-refractivity contribution is 6.25. The van der Waals surface area contributed by atoms with Crippen molar-refractivity contribution in [1.29, 1.82) is 0 Å². The number of aromatic amines is 1. The topological polar surface area (TPSA) is 145 Å². The van der Waals surface area contributed by atoms with Crippen LogP contribution in [-0.4, -0.2) is 58.0 Å². The van der Waals surface area contributed by atoms with Crippen LogP contribution in [0, 0.1) is 5.82 Å². The van der Waals surface area contributed by atoms with Crippen molar-refractivity contribution in [3.63, 3.8) is 0 Å². The summed E-state index contributed by atoms with van der Waals surface area (Å²) in [6.07, 6.45) is 0.967. The van der Waals surface area contributed by atoms with Crippen molar-refractivity contribution in [2.45, 2.75) is 31.4 Å². The predicted octanol–water partition coefficient (Wildman–Crippen LogP) is 1.08. The number of hydrogen-bond acceptors (Lipinski definition) is 4. The fourth-order valence-corrected chi connectivity index (χ4v) is 2.74. The van der Waals surface area contributed by atoms with Crippen molar-refractivity contribution in [1.82, 2.24) is 10.3 Å². The van der Waals surface area contributed by atoms with E-state index in [1.807, 2.05) is 0 Å². The summed E-state index contributed by atoms with van der Waals surface area (Å²) in [5, 5.41) is 12.2. The Bertz CT molecular complexity index is 935. The number of benzene rings is 1. The van der Waals surface area contributed by atoms with E-state index in [4.69, 9.17) is 10.3 Å². The number of H-pyrrole nitrogens is 1. The van der Waals surface area contributed by atoms with E-state index in [0.717, 1.165) is 0 Å². The van der Waals surface area contributed by atoms with Gasteiger partial charge >= 0.3 is 12.2 Å². The molecule has 0 aliphatic heterocycles. The number of carboxylic acid groups (broad SMARTS) is 1. The normalized spacial score (nSPS) is 12.8. The number of halogens is 1. The van der Waals surface area contributed by atoms with E-state index < -0.39 is 35.6 Å². The van der Waals surface area contributed by atoms with Crippen LogP contribution in [0.4, 0.5) is 4.39 Å². The maximum Gasteiger partial charge on any atom is 0.326 e. The van der Waals surface area contributed by atoms with Gasteiger partial charge in [-0.3, -0.25) is 9.59 Å². The summed E-state index contributed by atoms with van der Waals surface area (Å²) >= 11 is 0. The number of carboxylic acids is 1. The third kappa shape index (κ3) is 5.32. The van der Waals surface area contributed by atoms with Gasteiger partial charge in [0.15, 0.2) is 0 Å². The van der Waals surface area contributed by atoms with Gasteiger partial charge in [-0.15, -0.1) is 0 Å². The molecule has 0 saturated heterocycles. The Morgan fingerprint density at radius 2 is 2.18 bits per heavy atom. The molecule has 1 amide bonds. The van der Waals surface area contributed by atoms with E-state index in [9.17, 15) is 23.9 Å². The highest BCUT2D eigenvalue weighted by atomic mass is 19.1. The predicted molar refractivity (Wildman–Crippen MR) is 96.2 cm³/mol. The fraction of sp³-hybridized carbons (Fsp3) is 0.333. The monoisotopic (exact) mass is 390 g/mol. The average Bonchev–Trinajstić information content (AvgIpc) is 3.04. The number of aliphatic carboxylic acids is 1. The first kappa shape index (κ1) is 20.9. The van der Waals surface area contributed by atoms with E-state index in [0.29, 0.717) is 22.7 Å². The molecule has 2 aromatic rings. The van der Waals surface area contributed by atoms with Gasteiger partial charge in [-0.25, -0.2) is 9.18 Å². The van der Waals surface area contributed by atoms with Crippen molar-refractivity contribution < 1.29 is 33.4 Å². The smallest absolute Gasteiger partial charge is 0.326 e. The summed E-state index contributed by atoms with van der Waals surface area (Å²) in [4.78, 5) is 40.7. The molecule has 0 bridgehead atoms. The average molecular weight is 390 g/mol. The molecule has 0 aliphatic rings. The van der Waals surface area contributed by atoms with Gasteiger partial charge in [-0.1, -0.05) is 0 Å². The van der Waals surface area contributed by atoms with Crippen molar-refractivity contribution in [2.24, 2.45) is 0 Å². The number of nitrogens with one attached hydrogen (secondary N) is 2. The van der Waals surface area contributed by atoms with Crippen LogP contribution in [-0.2, 0) is 25.5 Å². The van der Waals surface area contributed by atoms with Crippen LogP contribution in [0.5, 0.6) is 0 Å². The standard InChI is InChI=1S/C18H19FN4O5/c1-28-16(6-10-8-21-14-4-2-11(19)7-13(10)14)17(25)23-15(18(26)27)5-3-12(24)9-22-20/h2,4,7-9,15-16,21H,3,5-6H2,1H3,(H,23,25)(H,26,27). The molecule has 0 radical (unpaired) electrons. The van der Waals surface area contributed by atoms with E-state index >= 15 is 0 Å². The number of methoxy groups -OCH3 is 1. The maximum absolute atomic E-state index is 13.5. The second-order valence-corrected chi connectivity index (χ2v) is 6.08. The zero-order valence-electron chi connectivity index (χ0n) is 15.0. The van der Waals surface area contributed by atoms with Crippen LogP contribution in [0.25, 0.3) is 16.4 Å². The Kier molecular flexibility index (Phi) is 7.14. The van der Waals surface area contributed by atoms with Crippen LogP contribution in [0.1, 0.15) is 18.4 Å². The maximum atomic E-state index is 13.5. The highest BCUT2D eigenvalue weighted by Gasteiger charge is 2.26. The zero-order valence-corrected chi connectivity index (χ0v) is 15.0. The number of rotatable bonds is 10. The van der Waals surface area contributed by atoms with Crippen LogP contribution in [0.3, 0.4) is 0 Å². The molecule has 0 spiro atoms. The first-order valence-corrected chi connectivity index (χ1v) is 8.37. The molecular formula is C18H19FN4O5. The number of ether oxygens (including phenoxy) is 1. The van der Waals surface area contributed by atoms with Crippen molar-refractivity contribution in [2.75, 3.05) is 7.11 Å². The summed E-state index contributed by atoms with van der Waals surface area (Å²) in [5.74, 6) is -2.99. The molecule has 10 heteroatoms. The lowest BCUT2D eigenvalue weighted by Gasteiger charge is -2.19. The van der Waals surface area contributed by atoms with Gasteiger partial charge in [0.25, 0.3) is 0 Å². The molecule has 0 saturated carbocycles. The van der Waals surface area contributed by atoms with Gasteiger partial charge in [0.1, 0.15) is 18.0 Å². The minimum atomic E-state index is -1.32. The summed E-state index contributed by atoms with van der Waals surface area (Å²) in [6, 6.07) is 2.90. The highest BCUT2D eigenvalue weighted by Crippen LogP contribution is 2.21. The van der Waals surface area contributed by atoms with E-state index in [2.05, 4.69) is 15.1 Å². The van der Waals surface area contributed by atoms with Gasteiger partial charge in [-0.05, 0) is 30.2 Å². The third-order valence-electron chi connectivity index (χ3n) is 4.21. The minimum absolute atomic E-state index is 0.0915. The summed E-state index contributed by atoms with van der Waals surface area (Å²) < 4.78 is 18.7. The lowest BCUT2D eigenvalue weighted by atomic mass is 10.0. The molecule has 9 nitrogen and oxygen atoms in total. The molecule has 1 aromatic heterocycles. The quantitative estimate of drug-likeness (QED) is 0.316. The third-order valence-corrected chi connectivity index (χ3v) is 4.21. The van der Waals surface area contributed by atoms with Crippen molar-refractivity contribution in [3.8, 4) is 0 Å². The second kappa shape index (κ2) is 9.54. The SMILES string of the molecule is COC(Cc1c[nH]c2ccc(F)cc12)C(=O)NC(CCC(=O)C=[N+]=[N-])C(=O)O. The van der Waals surface area contributed by atoms with Gasteiger partial charge in [0.2, 0.25) is 11.7 Å². The minimum Gasteiger partial charge on any atom is -0.480 e. The molecule has 1 aromatic carbocycles. The largest absolute Gasteiger partial charge is 0.480 e. The number of carbonyl (C=O) groups excluding carboxylic acids is 2. The summed E-state index contributed by atoms with van der Waals surface area (Å²) in [7, 11) is 1.30. The van der Waals surface area contributed by atoms with E-state index in [-0.39, 0.29) is 19.3 Å². The van der Waals surface area contributed by atoms with Gasteiger partial charge < -0.3 is 25.7 Å². The van der Waals surface area contributed by atoms with E-state index in [1.54, 1.807) is 12.3 Å².